The number of furan rings is 1. The lowest BCUT2D eigenvalue weighted by atomic mass is 10.1. The number of benzene rings is 2. The van der Waals surface area contributed by atoms with Crippen LogP contribution in [0.25, 0.3) is 0 Å². The Hall–Kier alpha value is -3.64. The fourth-order valence-corrected chi connectivity index (χ4v) is 3.09. The third-order valence-electron chi connectivity index (χ3n) is 4.09. The van der Waals surface area contributed by atoms with E-state index < -0.39 is 50.6 Å². The van der Waals surface area contributed by atoms with E-state index in [0.29, 0.717) is 0 Å². The lowest BCUT2D eigenvalue weighted by Crippen LogP contribution is -2.26. The number of anilines is 1. The predicted molar refractivity (Wildman–Crippen MR) is 105 cm³/mol. The highest BCUT2D eigenvalue weighted by Gasteiger charge is 2.31. The lowest BCUT2D eigenvalue weighted by molar-refractivity contribution is -0.137. The van der Waals surface area contributed by atoms with Gasteiger partial charge in [0.1, 0.15) is 0 Å². The number of carbonyl (C=O) groups excluding carboxylic acids is 2. The summed E-state index contributed by atoms with van der Waals surface area (Å²) in [5, 5.41) is 6.51. The van der Waals surface area contributed by atoms with Gasteiger partial charge in [-0.2, -0.15) is 13.2 Å². The van der Waals surface area contributed by atoms with Crippen LogP contribution in [0.1, 0.15) is 27.8 Å². The normalized spacial score (nSPS) is 12.8. The van der Waals surface area contributed by atoms with Crippen molar-refractivity contribution in [1.29, 1.82) is 0 Å². The molecule has 0 saturated heterocycles. The first-order chi connectivity index (χ1) is 14.9. The molecule has 1 atom stereocenters. The van der Waals surface area contributed by atoms with Crippen LogP contribution in [0.5, 0.6) is 0 Å². The van der Waals surface area contributed by atoms with E-state index in [-0.39, 0.29) is 11.3 Å². The van der Waals surface area contributed by atoms with Gasteiger partial charge in [-0.05, 0) is 30.3 Å². The summed E-state index contributed by atoms with van der Waals surface area (Å²) in [6, 6.07) is 13.5. The van der Waals surface area contributed by atoms with E-state index >= 15 is 0 Å². The van der Waals surface area contributed by atoms with Crippen molar-refractivity contribution in [2.45, 2.75) is 17.4 Å². The predicted octanol–water partition coefficient (Wildman–Crippen LogP) is 3.48. The number of nitrogens with two attached hydrogens (primary N) is 1. The van der Waals surface area contributed by atoms with Crippen molar-refractivity contribution in [3.05, 3.63) is 83.6 Å². The Morgan fingerprint density at radius 2 is 1.69 bits per heavy atom. The molecule has 12 heteroatoms. The number of halogens is 3. The van der Waals surface area contributed by atoms with Crippen molar-refractivity contribution in [1.82, 2.24) is 0 Å². The van der Waals surface area contributed by atoms with E-state index in [0.717, 1.165) is 30.3 Å². The summed E-state index contributed by atoms with van der Waals surface area (Å²) in [4.78, 5) is 25.2. The van der Waals surface area contributed by atoms with E-state index in [4.69, 9.17) is 14.3 Å². The van der Waals surface area contributed by atoms with Gasteiger partial charge in [0.15, 0.2) is 0 Å². The molecule has 2 aromatic carbocycles. The van der Waals surface area contributed by atoms with E-state index in [9.17, 15) is 31.2 Å². The molecule has 1 amide bonds. The monoisotopic (exact) mass is 468 g/mol. The van der Waals surface area contributed by atoms with Gasteiger partial charge in [0.05, 0.1) is 5.56 Å². The van der Waals surface area contributed by atoms with Crippen LogP contribution in [-0.4, -0.2) is 20.3 Å². The first-order valence-electron chi connectivity index (χ1n) is 8.82. The molecule has 8 nitrogen and oxygen atoms in total. The van der Waals surface area contributed by atoms with Gasteiger partial charge in [0.25, 0.3) is 15.9 Å². The molecule has 1 unspecified atom stereocenters. The Bertz CT molecular complexity index is 1240. The highest BCUT2D eigenvalue weighted by atomic mass is 32.2. The van der Waals surface area contributed by atoms with Gasteiger partial charge in [-0.15, -0.1) is 0 Å². The number of nitrogens with one attached hydrogen (secondary N) is 1. The zero-order chi connectivity index (χ0) is 23.5. The van der Waals surface area contributed by atoms with Crippen LogP contribution in [0.3, 0.4) is 0 Å². The summed E-state index contributed by atoms with van der Waals surface area (Å²) < 4.78 is 71.4. The maximum absolute atomic E-state index is 12.9. The fourth-order valence-electron chi connectivity index (χ4n) is 2.63. The fraction of sp³-hybridized carbons (Fsp3) is 0.100. The number of primary sulfonamides is 1. The molecule has 32 heavy (non-hydrogen) atoms. The molecule has 1 aromatic heterocycles. The number of sulfonamides is 1. The zero-order valence-electron chi connectivity index (χ0n) is 16.0. The number of esters is 1. The second kappa shape index (κ2) is 8.85. The number of amides is 1. The molecule has 3 aromatic rings. The quantitative estimate of drug-likeness (QED) is 0.533. The molecule has 0 saturated carbocycles. The molecule has 3 N–H and O–H groups in total. The minimum atomic E-state index is -4.62. The van der Waals surface area contributed by atoms with Gasteiger partial charge in [-0.1, -0.05) is 36.4 Å². The SMILES string of the molecule is NS(=O)(=O)c1ccc(C(=O)OC(C(=O)Nc2cccc(C(F)(F)F)c2)c2ccccc2)o1. The first-order valence-corrected chi connectivity index (χ1v) is 10.4. The second-order valence-electron chi connectivity index (χ2n) is 6.43. The Morgan fingerprint density at radius 1 is 1.00 bits per heavy atom. The average Bonchev–Trinajstić information content (AvgIpc) is 3.23. The number of hydrogen-bond donors (Lipinski definition) is 2. The summed E-state index contributed by atoms with van der Waals surface area (Å²) in [7, 11) is -4.21. The van der Waals surface area contributed by atoms with E-state index in [2.05, 4.69) is 5.32 Å². The summed E-state index contributed by atoms with van der Waals surface area (Å²) in [5.41, 5.74) is -0.936. The van der Waals surface area contributed by atoms with Gasteiger partial charge in [-0.25, -0.2) is 18.4 Å². The van der Waals surface area contributed by atoms with Crippen molar-refractivity contribution in [2.24, 2.45) is 5.14 Å². The van der Waals surface area contributed by atoms with Crippen molar-refractivity contribution in [2.75, 3.05) is 5.32 Å². The van der Waals surface area contributed by atoms with Gasteiger partial charge in [0.2, 0.25) is 17.0 Å². The van der Waals surface area contributed by atoms with E-state index in [1.54, 1.807) is 18.2 Å². The van der Waals surface area contributed by atoms with Crippen LogP contribution >= 0.6 is 0 Å². The largest absolute Gasteiger partial charge is 0.441 e. The van der Waals surface area contributed by atoms with Crippen LogP contribution in [-0.2, 0) is 25.7 Å². The molecule has 0 aliphatic heterocycles. The number of alkyl halides is 3. The molecule has 1 heterocycles. The van der Waals surface area contributed by atoms with Gasteiger partial charge in [0, 0.05) is 11.3 Å². The van der Waals surface area contributed by atoms with Crippen LogP contribution in [0.15, 0.2) is 76.2 Å². The summed E-state index contributed by atoms with van der Waals surface area (Å²) in [6.07, 6.45) is -6.20. The van der Waals surface area contributed by atoms with Crippen LogP contribution in [0.2, 0.25) is 0 Å². The Labute approximate surface area is 179 Å². The number of hydrogen-bond acceptors (Lipinski definition) is 6. The maximum Gasteiger partial charge on any atom is 0.416 e. The van der Waals surface area contributed by atoms with Crippen molar-refractivity contribution in [3.63, 3.8) is 0 Å². The highest BCUT2D eigenvalue weighted by molar-refractivity contribution is 7.89. The van der Waals surface area contributed by atoms with Gasteiger partial charge >= 0.3 is 12.1 Å². The number of carbonyl (C=O) groups is 2. The topological polar surface area (TPSA) is 129 Å². The molecule has 0 radical (unpaired) electrons. The van der Waals surface area contributed by atoms with Gasteiger partial charge in [-0.3, -0.25) is 4.79 Å². The molecular weight excluding hydrogens is 453 g/mol. The second-order valence-corrected chi connectivity index (χ2v) is 7.92. The minimum Gasteiger partial charge on any atom is -0.441 e. The molecule has 3 rings (SSSR count). The zero-order valence-corrected chi connectivity index (χ0v) is 16.8. The standard InChI is InChI=1S/C20H15F3N2O6S/c21-20(22,23)13-7-4-8-14(11-13)25-18(26)17(12-5-2-1-3-6-12)31-19(27)15-9-10-16(30-15)32(24,28)29/h1-11,17H,(H,25,26)(H2,24,28,29). The molecule has 0 aliphatic carbocycles. The Kier molecular flexibility index (Phi) is 6.37. The van der Waals surface area contributed by atoms with Crippen molar-refractivity contribution >= 4 is 27.6 Å². The summed E-state index contributed by atoms with van der Waals surface area (Å²) in [5.74, 6) is -2.67. The third kappa shape index (κ3) is 5.53. The molecule has 0 aliphatic rings. The number of rotatable bonds is 6. The summed E-state index contributed by atoms with van der Waals surface area (Å²) >= 11 is 0. The Balaban J connectivity index is 1.86. The summed E-state index contributed by atoms with van der Waals surface area (Å²) in [6.45, 7) is 0. The third-order valence-corrected chi connectivity index (χ3v) is 4.87. The maximum atomic E-state index is 12.9. The smallest absolute Gasteiger partial charge is 0.416 e. The molecule has 0 bridgehead atoms. The highest BCUT2D eigenvalue weighted by Crippen LogP contribution is 2.31. The van der Waals surface area contributed by atoms with Crippen LogP contribution < -0.4 is 10.5 Å². The van der Waals surface area contributed by atoms with E-state index in [1.807, 2.05) is 0 Å². The van der Waals surface area contributed by atoms with E-state index in [1.165, 1.54) is 18.2 Å². The van der Waals surface area contributed by atoms with Crippen molar-refractivity contribution < 1.29 is 40.3 Å². The Morgan fingerprint density at radius 3 is 2.28 bits per heavy atom. The lowest BCUT2D eigenvalue weighted by Gasteiger charge is -2.18. The van der Waals surface area contributed by atoms with Gasteiger partial charge < -0.3 is 14.5 Å². The molecule has 0 spiro atoms. The minimum absolute atomic E-state index is 0.170. The van der Waals surface area contributed by atoms with Crippen LogP contribution in [0.4, 0.5) is 18.9 Å². The molecule has 168 valence electrons. The average molecular weight is 468 g/mol. The molecular formula is C20H15F3N2O6S. The molecule has 0 fully saturated rings. The van der Waals surface area contributed by atoms with Crippen molar-refractivity contribution in [3.8, 4) is 0 Å². The first kappa shape index (κ1) is 23.0. The number of ether oxygens (including phenoxy) is 1. The van der Waals surface area contributed by atoms with Crippen LogP contribution in [0, 0.1) is 0 Å².